The van der Waals surface area contributed by atoms with Crippen molar-refractivity contribution < 1.29 is 9.84 Å². The Labute approximate surface area is 130 Å². The van der Waals surface area contributed by atoms with Crippen molar-refractivity contribution in [2.24, 2.45) is 0 Å². The monoisotopic (exact) mass is 305 g/mol. The van der Waals surface area contributed by atoms with Crippen molar-refractivity contribution in [1.29, 1.82) is 0 Å². The second kappa shape index (κ2) is 7.91. The molecule has 0 aliphatic carbocycles. The van der Waals surface area contributed by atoms with Gasteiger partial charge in [0.15, 0.2) is 0 Å². The molecule has 0 saturated heterocycles. The molecule has 0 heterocycles. The molecule has 0 aliphatic rings. The molecule has 0 saturated carbocycles. The van der Waals surface area contributed by atoms with Crippen molar-refractivity contribution in [2.75, 3.05) is 18.5 Å². The fourth-order valence-corrected chi connectivity index (χ4v) is 2.22. The zero-order chi connectivity index (χ0) is 15.1. The minimum absolute atomic E-state index is 0.224. The molecule has 3 nitrogen and oxygen atoms in total. The highest BCUT2D eigenvalue weighted by atomic mass is 35.5. The topological polar surface area (TPSA) is 41.5 Å². The molecule has 0 amide bonds. The van der Waals surface area contributed by atoms with Crippen LogP contribution >= 0.6 is 11.6 Å². The summed E-state index contributed by atoms with van der Waals surface area (Å²) in [5.41, 5.74) is 2.29. The quantitative estimate of drug-likeness (QED) is 0.818. The largest absolute Gasteiger partial charge is 0.491 e. The molecule has 112 valence electrons. The molecule has 2 aromatic rings. The van der Waals surface area contributed by atoms with Crippen molar-refractivity contribution in [3.8, 4) is 5.75 Å². The number of rotatable bonds is 7. The molecule has 1 atom stereocenters. The lowest BCUT2D eigenvalue weighted by atomic mass is 10.1. The molecular weight excluding hydrogens is 286 g/mol. The van der Waals surface area contributed by atoms with E-state index in [1.165, 1.54) is 5.56 Å². The van der Waals surface area contributed by atoms with Gasteiger partial charge in [-0.05, 0) is 36.2 Å². The van der Waals surface area contributed by atoms with Crippen molar-refractivity contribution in [1.82, 2.24) is 0 Å². The van der Waals surface area contributed by atoms with Crippen LogP contribution in [-0.4, -0.2) is 24.4 Å². The van der Waals surface area contributed by atoms with E-state index in [0.717, 1.165) is 12.1 Å². The van der Waals surface area contributed by atoms with E-state index in [9.17, 15) is 5.11 Å². The summed E-state index contributed by atoms with van der Waals surface area (Å²) in [6.45, 7) is 2.78. The SMILES string of the molecule is CCc1ccccc1NCC(O)COc1cccc(Cl)c1. The number of hydrogen-bond acceptors (Lipinski definition) is 3. The second-order valence-corrected chi connectivity index (χ2v) is 5.25. The van der Waals surface area contributed by atoms with Gasteiger partial charge in [-0.25, -0.2) is 0 Å². The first-order valence-corrected chi connectivity index (χ1v) is 7.45. The number of aryl methyl sites for hydroxylation is 1. The van der Waals surface area contributed by atoms with E-state index in [4.69, 9.17) is 16.3 Å². The Morgan fingerprint density at radius 2 is 2.00 bits per heavy atom. The van der Waals surface area contributed by atoms with E-state index in [2.05, 4.69) is 18.3 Å². The minimum atomic E-state index is -0.589. The molecule has 0 spiro atoms. The summed E-state index contributed by atoms with van der Waals surface area (Å²) < 4.78 is 5.52. The van der Waals surface area contributed by atoms with Crippen LogP contribution in [0.4, 0.5) is 5.69 Å². The maximum absolute atomic E-state index is 9.98. The second-order valence-electron chi connectivity index (χ2n) is 4.81. The number of benzene rings is 2. The molecule has 2 rings (SSSR count). The van der Waals surface area contributed by atoms with Crippen LogP contribution in [0.1, 0.15) is 12.5 Å². The third-order valence-corrected chi connectivity index (χ3v) is 3.40. The molecule has 4 heteroatoms. The smallest absolute Gasteiger partial charge is 0.120 e. The lowest BCUT2D eigenvalue weighted by Crippen LogP contribution is -2.26. The summed E-state index contributed by atoms with van der Waals surface area (Å²) >= 11 is 5.88. The zero-order valence-electron chi connectivity index (χ0n) is 12.1. The highest BCUT2D eigenvalue weighted by Gasteiger charge is 2.07. The van der Waals surface area contributed by atoms with E-state index in [1.807, 2.05) is 30.3 Å². The van der Waals surface area contributed by atoms with Crippen molar-refractivity contribution in [2.45, 2.75) is 19.4 Å². The van der Waals surface area contributed by atoms with Gasteiger partial charge in [-0.15, -0.1) is 0 Å². The molecule has 0 aromatic heterocycles. The number of halogens is 1. The van der Waals surface area contributed by atoms with Crippen molar-refractivity contribution >= 4 is 17.3 Å². The molecule has 0 aliphatic heterocycles. The number of ether oxygens (including phenoxy) is 1. The van der Waals surface area contributed by atoms with E-state index in [-0.39, 0.29) is 6.61 Å². The normalized spacial score (nSPS) is 12.0. The van der Waals surface area contributed by atoms with Gasteiger partial charge in [0, 0.05) is 17.3 Å². The van der Waals surface area contributed by atoms with Crippen LogP contribution in [0.5, 0.6) is 5.75 Å². The molecule has 2 aromatic carbocycles. The first-order valence-electron chi connectivity index (χ1n) is 7.07. The van der Waals surface area contributed by atoms with Crippen molar-refractivity contribution in [3.05, 3.63) is 59.1 Å². The number of para-hydroxylation sites is 1. The summed E-state index contributed by atoms with van der Waals surface area (Å²) in [6, 6.07) is 15.2. The Bertz CT molecular complexity index is 574. The Kier molecular flexibility index (Phi) is 5.90. The fourth-order valence-electron chi connectivity index (χ4n) is 2.04. The third kappa shape index (κ3) is 4.96. The van der Waals surface area contributed by atoms with Crippen LogP contribution in [0.2, 0.25) is 5.02 Å². The Morgan fingerprint density at radius 1 is 1.19 bits per heavy atom. The molecule has 2 N–H and O–H groups in total. The molecule has 0 fully saturated rings. The summed E-state index contributed by atoms with van der Waals surface area (Å²) in [6.07, 6.45) is 0.368. The zero-order valence-corrected chi connectivity index (χ0v) is 12.8. The van der Waals surface area contributed by atoms with E-state index in [1.54, 1.807) is 12.1 Å². The maximum Gasteiger partial charge on any atom is 0.120 e. The number of nitrogens with one attached hydrogen (secondary N) is 1. The molecule has 21 heavy (non-hydrogen) atoms. The van der Waals surface area contributed by atoms with Gasteiger partial charge in [-0.1, -0.05) is 42.8 Å². The molecule has 0 radical (unpaired) electrons. The standard InChI is InChI=1S/C17H20ClNO2/c1-2-13-6-3-4-9-17(13)19-11-15(20)12-21-16-8-5-7-14(18)10-16/h3-10,15,19-20H,2,11-12H2,1H3. The first kappa shape index (κ1) is 15.7. The van der Waals surface area contributed by atoms with Gasteiger partial charge < -0.3 is 15.2 Å². The Hall–Kier alpha value is -1.71. The van der Waals surface area contributed by atoms with Gasteiger partial charge in [-0.3, -0.25) is 0 Å². The van der Waals surface area contributed by atoms with Crippen LogP contribution in [0.3, 0.4) is 0 Å². The van der Waals surface area contributed by atoms with Crippen LogP contribution in [0.25, 0.3) is 0 Å². The van der Waals surface area contributed by atoms with Gasteiger partial charge in [0.1, 0.15) is 18.5 Å². The van der Waals surface area contributed by atoms with Gasteiger partial charge in [0.2, 0.25) is 0 Å². The first-order chi connectivity index (χ1) is 10.2. The predicted molar refractivity (Wildman–Crippen MR) is 87.3 cm³/mol. The van der Waals surface area contributed by atoms with Gasteiger partial charge in [0.05, 0.1) is 0 Å². The lowest BCUT2D eigenvalue weighted by molar-refractivity contribution is 0.117. The predicted octanol–water partition coefficient (Wildman–Crippen LogP) is 3.75. The van der Waals surface area contributed by atoms with Gasteiger partial charge >= 0.3 is 0 Å². The van der Waals surface area contributed by atoms with Crippen LogP contribution in [-0.2, 0) is 6.42 Å². The number of aliphatic hydroxyl groups is 1. The maximum atomic E-state index is 9.98. The van der Waals surface area contributed by atoms with Crippen molar-refractivity contribution in [3.63, 3.8) is 0 Å². The Morgan fingerprint density at radius 3 is 2.76 bits per heavy atom. The van der Waals surface area contributed by atoms with Crippen LogP contribution in [0, 0.1) is 0 Å². The summed E-state index contributed by atoms with van der Waals surface area (Å²) in [4.78, 5) is 0. The molecular formula is C17H20ClNO2. The van der Waals surface area contributed by atoms with E-state index < -0.39 is 6.10 Å². The average molecular weight is 306 g/mol. The number of anilines is 1. The fraction of sp³-hybridized carbons (Fsp3) is 0.294. The molecule has 0 bridgehead atoms. The van der Waals surface area contributed by atoms with Crippen LogP contribution < -0.4 is 10.1 Å². The average Bonchev–Trinajstić information content (AvgIpc) is 2.51. The number of aliphatic hydroxyl groups excluding tert-OH is 1. The Balaban J connectivity index is 1.81. The van der Waals surface area contributed by atoms with E-state index >= 15 is 0 Å². The lowest BCUT2D eigenvalue weighted by Gasteiger charge is -2.16. The van der Waals surface area contributed by atoms with E-state index in [0.29, 0.717) is 17.3 Å². The molecule has 1 unspecified atom stereocenters. The minimum Gasteiger partial charge on any atom is -0.491 e. The highest BCUT2D eigenvalue weighted by Crippen LogP contribution is 2.18. The van der Waals surface area contributed by atoms with Gasteiger partial charge in [0.25, 0.3) is 0 Å². The summed E-state index contributed by atoms with van der Waals surface area (Å²) in [7, 11) is 0. The summed E-state index contributed by atoms with van der Waals surface area (Å²) in [5, 5.41) is 13.9. The third-order valence-electron chi connectivity index (χ3n) is 3.16. The highest BCUT2D eigenvalue weighted by molar-refractivity contribution is 6.30. The number of hydrogen-bond donors (Lipinski definition) is 2. The van der Waals surface area contributed by atoms with Crippen LogP contribution in [0.15, 0.2) is 48.5 Å². The van der Waals surface area contributed by atoms with Gasteiger partial charge in [-0.2, -0.15) is 0 Å². The summed E-state index contributed by atoms with van der Waals surface area (Å²) in [5.74, 6) is 0.663.